The molecular formula is C17H20N2O3S. The number of H-pyrrole nitrogens is 1. The van der Waals surface area contributed by atoms with Gasteiger partial charge in [0.15, 0.2) is 0 Å². The highest BCUT2D eigenvalue weighted by atomic mass is 32.2. The first-order valence-electron chi connectivity index (χ1n) is 7.76. The number of carbonyl (C=O) groups is 2. The van der Waals surface area contributed by atoms with Crippen molar-refractivity contribution in [2.24, 2.45) is 0 Å². The molecule has 1 atom stereocenters. The molecule has 1 unspecified atom stereocenters. The molecule has 2 aromatic rings. The van der Waals surface area contributed by atoms with Crippen LogP contribution < -0.4 is 5.32 Å². The Bertz CT molecular complexity index is 747. The number of thioether (sulfide) groups is 1. The molecule has 6 heteroatoms. The lowest BCUT2D eigenvalue weighted by atomic mass is 9.98. The van der Waals surface area contributed by atoms with E-state index in [-0.39, 0.29) is 12.3 Å². The molecule has 1 saturated heterocycles. The third kappa shape index (κ3) is 2.95. The number of aromatic nitrogens is 1. The molecule has 0 saturated carbocycles. The van der Waals surface area contributed by atoms with Crippen LogP contribution in [0.3, 0.4) is 0 Å². The molecule has 23 heavy (non-hydrogen) atoms. The lowest BCUT2D eigenvalue weighted by molar-refractivity contribution is -0.146. The van der Waals surface area contributed by atoms with Gasteiger partial charge in [0.1, 0.15) is 5.54 Å². The van der Waals surface area contributed by atoms with Gasteiger partial charge in [-0.25, -0.2) is 4.79 Å². The molecule has 1 aliphatic rings. The number of carboxylic acids is 1. The molecule has 0 bridgehead atoms. The summed E-state index contributed by atoms with van der Waals surface area (Å²) in [6, 6.07) is 6.05. The Labute approximate surface area is 138 Å². The van der Waals surface area contributed by atoms with Gasteiger partial charge in [0, 0.05) is 22.9 Å². The zero-order valence-electron chi connectivity index (χ0n) is 13.0. The van der Waals surface area contributed by atoms with E-state index in [1.54, 1.807) is 11.8 Å². The Kier molecular flexibility index (Phi) is 4.35. The Balaban J connectivity index is 1.79. The zero-order valence-corrected chi connectivity index (χ0v) is 13.8. The highest BCUT2D eigenvalue weighted by molar-refractivity contribution is 7.99. The molecule has 2 heterocycles. The summed E-state index contributed by atoms with van der Waals surface area (Å²) in [6.45, 7) is 2.09. The fraction of sp³-hybridized carbons (Fsp3) is 0.412. The summed E-state index contributed by atoms with van der Waals surface area (Å²) in [5, 5.41) is 13.2. The molecule has 3 N–H and O–H groups in total. The smallest absolute Gasteiger partial charge is 0.330 e. The zero-order chi connectivity index (χ0) is 16.4. The maximum atomic E-state index is 12.4. The van der Waals surface area contributed by atoms with Crippen LogP contribution in [0, 0.1) is 0 Å². The van der Waals surface area contributed by atoms with E-state index in [1.807, 2.05) is 18.3 Å². The fourth-order valence-corrected chi connectivity index (χ4v) is 4.41. The van der Waals surface area contributed by atoms with Crippen molar-refractivity contribution < 1.29 is 14.7 Å². The predicted molar refractivity (Wildman–Crippen MR) is 91.8 cm³/mol. The predicted octanol–water partition coefficient (Wildman–Crippen LogP) is 2.35. The number of rotatable bonds is 5. The molecule has 5 nitrogen and oxygen atoms in total. The fourth-order valence-electron chi connectivity index (χ4n) is 3.09. The Morgan fingerprint density at radius 2 is 2.22 bits per heavy atom. The van der Waals surface area contributed by atoms with Crippen LogP contribution in [0.1, 0.15) is 24.5 Å². The number of para-hydroxylation sites is 1. The molecule has 1 aromatic heterocycles. The second-order valence-corrected chi connectivity index (χ2v) is 7.03. The number of aromatic amines is 1. The lowest BCUT2D eigenvalue weighted by Crippen LogP contribution is -2.55. The van der Waals surface area contributed by atoms with Crippen LogP contribution in [0.5, 0.6) is 0 Å². The van der Waals surface area contributed by atoms with Crippen molar-refractivity contribution in [3.05, 3.63) is 35.5 Å². The Morgan fingerprint density at radius 3 is 2.87 bits per heavy atom. The van der Waals surface area contributed by atoms with Gasteiger partial charge < -0.3 is 15.4 Å². The second-order valence-electron chi connectivity index (χ2n) is 5.92. The molecule has 0 aliphatic carbocycles. The van der Waals surface area contributed by atoms with E-state index in [4.69, 9.17) is 0 Å². The van der Waals surface area contributed by atoms with Gasteiger partial charge >= 0.3 is 5.97 Å². The van der Waals surface area contributed by atoms with Crippen LogP contribution in [0.15, 0.2) is 24.4 Å². The van der Waals surface area contributed by atoms with Crippen LogP contribution >= 0.6 is 11.8 Å². The second kappa shape index (κ2) is 6.28. The number of fused-ring (bicyclic) bond motifs is 1. The van der Waals surface area contributed by atoms with Crippen molar-refractivity contribution >= 4 is 34.5 Å². The third-order valence-corrected chi connectivity index (χ3v) is 5.62. The molecule has 122 valence electrons. The van der Waals surface area contributed by atoms with Gasteiger partial charge in [0.25, 0.3) is 0 Å². The number of aryl methyl sites for hydroxylation is 1. The summed E-state index contributed by atoms with van der Waals surface area (Å²) in [4.78, 5) is 27.1. The number of amides is 1. The minimum atomic E-state index is -1.11. The molecule has 3 rings (SSSR count). The summed E-state index contributed by atoms with van der Waals surface area (Å²) in [5.74, 6) is 0.0160. The number of nitrogens with one attached hydrogen (secondary N) is 2. The largest absolute Gasteiger partial charge is 0.479 e. The molecule has 1 aromatic carbocycles. The van der Waals surface area contributed by atoms with Crippen molar-refractivity contribution in [1.82, 2.24) is 10.3 Å². The molecular weight excluding hydrogens is 312 g/mol. The van der Waals surface area contributed by atoms with E-state index in [1.165, 1.54) is 5.56 Å². The summed E-state index contributed by atoms with van der Waals surface area (Å²) in [6.07, 6.45) is 3.43. The molecule has 0 spiro atoms. The van der Waals surface area contributed by atoms with E-state index in [0.717, 1.165) is 28.6 Å². The highest BCUT2D eigenvalue weighted by Gasteiger charge is 2.43. The van der Waals surface area contributed by atoms with Crippen LogP contribution in [0.4, 0.5) is 0 Å². The van der Waals surface area contributed by atoms with Crippen molar-refractivity contribution in [3.8, 4) is 0 Å². The van der Waals surface area contributed by atoms with E-state index >= 15 is 0 Å². The van der Waals surface area contributed by atoms with Crippen molar-refractivity contribution in [2.45, 2.75) is 31.7 Å². The van der Waals surface area contributed by atoms with Crippen LogP contribution in [-0.2, 0) is 22.4 Å². The van der Waals surface area contributed by atoms with E-state index in [0.29, 0.717) is 12.2 Å². The maximum absolute atomic E-state index is 12.4. The lowest BCUT2D eigenvalue weighted by Gasteiger charge is -2.24. The van der Waals surface area contributed by atoms with Crippen LogP contribution in [-0.4, -0.2) is 39.0 Å². The van der Waals surface area contributed by atoms with Crippen molar-refractivity contribution in [2.75, 3.05) is 11.5 Å². The van der Waals surface area contributed by atoms with E-state index in [2.05, 4.69) is 23.3 Å². The minimum absolute atomic E-state index is 0.187. The van der Waals surface area contributed by atoms with E-state index < -0.39 is 11.5 Å². The number of aliphatic carboxylic acids is 1. The normalized spacial score (nSPS) is 20.7. The summed E-state index contributed by atoms with van der Waals surface area (Å²) < 4.78 is 0. The Hall–Kier alpha value is -1.95. The van der Waals surface area contributed by atoms with Gasteiger partial charge in [-0.1, -0.05) is 25.1 Å². The summed E-state index contributed by atoms with van der Waals surface area (Å²) >= 11 is 1.57. The van der Waals surface area contributed by atoms with Gasteiger partial charge in [-0.15, -0.1) is 0 Å². The van der Waals surface area contributed by atoms with Gasteiger partial charge in [-0.05, 0) is 29.7 Å². The van der Waals surface area contributed by atoms with Crippen LogP contribution in [0.2, 0.25) is 0 Å². The number of hydrogen-bond donors (Lipinski definition) is 3. The average Bonchev–Trinajstić information content (AvgIpc) is 3.15. The number of carboxylic acid groups (broad SMARTS) is 1. The number of hydrogen-bond acceptors (Lipinski definition) is 3. The summed E-state index contributed by atoms with van der Waals surface area (Å²) in [5.41, 5.74) is 2.06. The Morgan fingerprint density at radius 1 is 1.39 bits per heavy atom. The highest BCUT2D eigenvalue weighted by Crippen LogP contribution is 2.29. The van der Waals surface area contributed by atoms with Gasteiger partial charge in [-0.2, -0.15) is 11.8 Å². The standard InChI is InChI=1S/C17H20N2O3S/c1-2-11-4-3-5-13-12(9-18-15(11)13)8-14(20)19-17(16(21)22)6-7-23-10-17/h3-5,9,18H,2,6-8,10H2,1H3,(H,19,20)(H,21,22). The topological polar surface area (TPSA) is 82.2 Å². The van der Waals surface area contributed by atoms with Gasteiger partial charge in [0.2, 0.25) is 5.91 Å². The SMILES string of the molecule is CCc1cccc2c(CC(=O)NC3(C(=O)O)CCSC3)c[nH]c12. The van der Waals surface area contributed by atoms with Crippen molar-refractivity contribution in [3.63, 3.8) is 0 Å². The molecule has 0 radical (unpaired) electrons. The first-order valence-corrected chi connectivity index (χ1v) is 8.91. The average molecular weight is 332 g/mol. The maximum Gasteiger partial charge on any atom is 0.330 e. The quantitative estimate of drug-likeness (QED) is 0.785. The summed E-state index contributed by atoms with van der Waals surface area (Å²) in [7, 11) is 0. The third-order valence-electron chi connectivity index (χ3n) is 4.43. The molecule has 1 aliphatic heterocycles. The first-order chi connectivity index (χ1) is 11.1. The van der Waals surface area contributed by atoms with E-state index in [9.17, 15) is 14.7 Å². The number of carbonyl (C=O) groups excluding carboxylic acids is 1. The molecule has 1 amide bonds. The minimum Gasteiger partial charge on any atom is -0.479 e. The monoisotopic (exact) mass is 332 g/mol. The van der Waals surface area contributed by atoms with Gasteiger partial charge in [-0.3, -0.25) is 4.79 Å². The molecule has 1 fully saturated rings. The number of benzene rings is 1. The van der Waals surface area contributed by atoms with Crippen molar-refractivity contribution in [1.29, 1.82) is 0 Å². The van der Waals surface area contributed by atoms with Crippen LogP contribution in [0.25, 0.3) is 10.9 Å². The van der Waals surface area contributed by atoms with Gasteiger partial charge in [0.05, 0.1) is 6.42 Å². The first kappa shape index (κ1) is 15.9.